The Balaban J connectivity index is 1.88. The fourth-order valence-corrected chi connectivity index (χ4v) is 5.88. The molecule has 0 N–H and O–H groups in total. The van der Waals surface area contributed by atoms with Crippen molar-refractivity contribution in [3.63, 3.8) is 0 Å². The Labute approximate surface area is 172 Å². The van der Waals surface area contributed by atoms with Crippen LogP contribution in [0, 0.1) is 0 Å². The molecule has 0 spiro atoms. The van der Waals surface area contributed by atoms with Gasteiger partial charge in [0.1, 0.15) is 0 Å². The zero-order valence-corrected chi connectivity index (χ0v) is 16.2. The molecule has 8 aromatic rings. The fourth-order valence-electron chi connectivity index (χ4n) is 5.88. The molecule has 0 saturated heterocycles. The van der Waals surface area contributed by atoms with Gasteiger partial charge in [0.15, 0.2) is 0 Å². The smallest absolute Gasteiger partial charge is 0.000741 e. The van der Waals surface area contributed by atoms with Crippen LogP contribution in [-0.2, 0) is 0 Å². The molecule has 0 aromatic heterocycles. The second-order valence-corrected chi connectivity index (χ2v) is 8.53. The predicted molar refractivity (Wildman–Crippen MR) is 131 cm³/mol. The van der Waals surface area contributed by atoms with E-state index in [-0.39, 0.29) is 0 Å². The first kappa shape index (κ1) is 15.0. The number of fused-ring (bicyclic) bond motifs is 5. The molecule has 0 aliphatic heterocycles. The van der Waals surface area contributed by atoms with Gasteiger partial charge in [-0.3, -0.25) is 0 Å². The van der Waals surface area contributed by atoms with Gasteiger partial charge in [0.25, 0.3) is 0 Å². The number of rotatable bonds is 0. The first-order chi connectivity index (χ1) is 14.9. The van der Waals surface area contributed by atoms with Crippen molar-refractivity contribution >= 4 is 75.4 Å². The molecule has 0 bridgehead atoms. The molecular weight excluding hydrogens is 360 g/mol. The molecule has 0 heteroatoms. The highest BCUT2D eigenvalue weighted by molar-refractivity contribution is 6.43. The first-order valence-corrected chi connectivity index (χ1v) is 10.5. The van der Waals surface area contributed by atoms with E-state index in [0.717, 1.165) is 0 Å². The summed E-state index contributed by atoms with van der Waals surface area (Å²) in [7, 11) is 0. The quantitative estimate of drug-likeness (QED) is 0.183. The van der Waals surface area contributed by atoms with Crippen LogP contribution in [0.5, 0.6) is 0 Å². The van der Waals surface area contributed by atoms with E-state index in [2.05, 4.69) is 97.1 Å². The normalized spacial score (nSPS) is 12.7. The molecule has 136 valence electrons. The lowest BCUT2D eigenvalue weighted by molar-refractivity contribution is 1.79. The van der Waals surface area contributed by atoms with Gasteiger partial charge in [0.2, 0.25) is 0 Å². The van der Waals surface area contributed by atoms with Crippen LogP contribution < -0.4 is 0 Å². The summed E-state index contributed by atoms with van der Waals surface area (Å²) < 4.78 is 0. The molecular formula is C30H16. The van der Waals surface area contributed by atoms with E-state index >= 15 is 0 Å². The number of hydrogen-bond donors (Lipinski definition) is 0. The highest BCUT2D eigenvalue weighted by atomic mass is 14.2. The van der Waals surface area contributed by atoms with Gasteiger partial charge in [-0.25, -0.2) is 0 Å². The van der Waals surface area contributed by atoms with Gasteiger partial charge in [-0.2, -0.15) is 0 Å². The molecule has 0 nitrogen and oxygen atoms in total. The minimum Gasteiger partial charge on any atom is -0.0616 e. The second-order valence-electron chi connectivity index (χ2n) is 8.53. The van der Waals surface area contributed by atoms with Gasteiger partial charge in [-0.1, -0.05) is 78.9 Å². The molecule has 8 rings (SSSR count). The Kier molecular flexibility index (Phi) is 2.49. The molecule has 0 amide bonds. The first-order valence-electron chi connectivity index (χ1n) is 10.5. The largest absolute Gasteiger partial charge is 0.0616 e. The summed E-state index contributed by atoms with van der Waals surface area (Å²) in [5, 5.41) is 19.1. The molecule has 0 aliphatic rings. The van der Waals surface area contributed by atoms with Crippen molar-refractivity contribution in [3.05, 3.63) is 97.1 Å². The van der Waals surface area contributed by atoms with Crippen LogP contribution in [0.1, 0.15) is 0 Å². The van der Waals surface area contributed by atoms with E-state index in [1.165, 1.54) is 75.4 Å². The second kappa shape index (κ2) is 4.98. The topological polar surface area (TPSA) is 0 Å². The molecule has 0 atom stereocenters. The van der Waals surface area contributed by atoms with Crippen LogP contribution in [0.2, 0.25) is 0 Å². The molecule has 8 aromatic carbocycles. The van der Waals surface area contributed by atoms with Crippen molar-refractivity contribution in [1.29, 1.82) is 0 Å². The summed E-state index contributed by atoms with van der Waals surface area (Å²) in [4.78, 5) is 0. The summed E-state index contributed by atoms with van der Waals surface area (Å²) in [6.45, 7) is 0. The van der Waals surface area contributed by atoms with Crippen LogP contribution in [0.15, 0.2) is 97.1 Å². The molecule has 0 aliphatic carbocycles. The minimum atomic E-state index is 1.31. The molecule has 0 saturated carbocycles. The number of benzene rings is 8. The summed E-state index contributed by atoms with van der Waals surface area (Å²) in [6.07, 6.45) is 0. The van der Waals surface area contributed by atoms with Gasteiger partial charge in [-0.15, -0.1) is 0 Å². The molecule has 0 fully saturated rings. The maximum absolute atomic E-state index is 2.42. The average Bonchev–Trinajstić information content (AvgIpc) is 2.81. The van der Waals surface area contributed by atoms with E-state index < -0.39 is 0 Å². The summed E-state index contributed by atoms with van der Waals surface area (Å²) in [6, 6.07) is 36.2. The van der Waals surface area contributed by atoms with Crippen LogP contribution in [0.4, 0.5) is 0 Å². The maximum Gasteiger partial charge on any atom is -0.000741 e. The van der Waals surface area contributed by atoms with E-state index in [1.807, 2.05) is 0 Å². The molecule has 30 heavy (non-hydrogen) atoms. The average molecular weight is 376 g/mol. The lowest BCUT2D eigenvalue weighted by Crippen LogP contribution is -1.92. The monoisotopic (exact) mass is 376 g/mol. The fraction of sp³-hybridized carbons (Fsp3) is 0. The van der Waals surface area contributed by atoms with Crippen LogP contribution >= 0.6 is 0 Å². The summed E-state index contributed by atoms with van der Waals surface area (Å²) >= 11 is 0. The zero-order valence-electron chi connectivity index (χ0n) is 16.2. The molecule has 0 radical (unpaired) electrons. The third-order valence-corrected chi connectivity index (χ3v) is 7.08. The lowest BCUT2D eigenvalue weighted by atomic mass is 9.83. The van der Waals surface area contributed by atoms with Gasteiger partial charge >= 0.3 is 0 Å². The highest BCUT2D eigenvalue weighted by Gasteiger charge is 2.19. The highest BCUT2D eigenvalue weighted by Crippen LogP contribution is 2.48. The third kappa shape index (κ3) is 1.62. The number of hydrogen-bond acceptors (Lipinski definition) is 0. The Hall–Kier alpha value is -3.90. The van der Waals surface area contributed by atoms with E-state index in [9.17, 15) is 0 Å². The Morgan fingerprint density at radius 3 is 1.63 bits per heavy atom. The SMILES string of the molecule is c1ccc2c(c1)cc1c3ccccc3c3cc4cccc5ccc6cc2c1c3c6c54. The summed E-state index contributed by atoms with van der Waals surface area (Å²) in [5.74, 6) is 0. The van der Waals surface area contributed by atoms with E-state index in [4.69, 9.17) is 0 Å². The van der Waals surface area contributed by atoms with Crippen LogP contribution in [0.3, 0.4) is 0 Å². The van der Waals surface area contributed by atoms with Crippen molar-refractivity contribution < 1.29 is 0 Å². The minimum absolute atomic E-state index is 1.31. The van der Waals surface area contributed by atoms with Gasteiger partial charge in [0.05, 0.1) is 0 Å². The van der Waals surface area contributed by atoms with Gasteiger partial charge in [0, 0.05) is 0 Å². The van der Waals surface area contributed by atoms with E-state index in [0.29, 0.717) is 0 Å². The maximum atomic E-state index is 2.42. The molecule has 0 heterocycles. The van der Waals surface area contributed by atoms with Crippen molar-refractivity contribution in [3.8, 4) is 0 Å². The molecule has 0 unspecified atom stereocenters. The summed E-state index contributed by atoms with van der Waals surface area (Å²) in [5.41, 5.74) is 0. The standard InChI is InChI=1S/C30H16/c1-2-9-21-18(6-1)14-25-22-10-3-4-11-23(22)26-15-19-8-5-7-17-12-13-20-16-24(21)29(25)30(26)28(20)27(17)19/h1-16H. The van der Waals surface area contributed by atoms with Crippen LogP contribution in [-0.4, -0.2) is 0 Å². The van der Waals surface area contributed by atoms with Gasteiger partial charge in [-0.05, 0) is 93.6 Å². The van der Waals surface area contributed by atoms with E-state index in [1.54, 1.807) is 0 Å². The Bertz CT molecular complexity index is 1930. The van der Waals surface area contributed by atoms with Crippen molar-refractivity contribution in [2.75, 3.05) is 0 Å². The van der Waals surface area contributed by atoms with Crippen molar-refractivity contribution in [2.45, 2.75) is 0 Å². The van der Waals surface area contributed by atoms with Crippen LogP contribution in [0.25, 0.3) is 75.4 Å². The Morgan fingerprint density at radius 2 is 0.800 bits per heavy atom. The van der Waals surface area contributed by atoms with Crippen molar-refractivity contribution in [2.24, 2.45) is 0 Å². The third-order valence-electron chi connectivity index (χ3n) is 7.08. The zero-order chi connectivity index (χ0) is 19.4. The predicted octanol–water partition coefficient (Wildman–Crippen LogP) is 8.63. The lowest BCUT2D eigenvalue weighted by Gasteiger charge is -2.20. The van der Waals surface area contributed by atoms with Gasteiger partial charge < -0.3 is 0 Å². The van der Waals surface area contributed by atoms with Crippen molar-refractivity contribution in [1.82, 2.24) is 0 Å². The Morgan fingerprint density at radius 1 is 0.267 bits per heavy atom.